The average molecular weight is 367 g/mol. The van der Waals surface area contributed by atoms with Crippen LogP contribution in [0.1, 0.15) is 21.5 Å². The van der Waals surface area contributed by atoms with Crippen molar-refractivity contribution in [2.45, 2.75) is 13.5 Å². The number of ether oxygens (including phenoxy) is 1. The predicted octanol–water partition coefficient (Wildman–Crippen LogP) is 1.86. The number of nitrogens with zero attached hydrogens (tertiary/aromatic N) is 1. The van der Waals surface area contributed by atoms with Crippen molar-refractivity contribution >= 4 is 17.8 Å². The molecule has 0 unspecified atom stereocenters. The lowest BCUT2D eigenvalue weighted by Gasteiger charge is -2.15. The molecular formula is C20H21N3O4. The van der Waals surface area contributed by atoms with Crippen molar-refractivity contribution in [2.75, 3.05) is 19.7 Å². The smallest absolute Gasteiger partial charge is 0.324 e. The van der Waals surface area contributed by atoms with Crippen LogP contribution in [-0.4, -0.2) is 42.4 Å². The molecule has 0 aromatic heterocycles. The fourth-order valence-electron chi connectivity index (χ4n) is 2.73. The Kier molecular flexibility index (Phi) is 5.71. The zero-order valence-corrected chi connectivity index (χ0v) is 15.0. The van der Waals surface area contributed by atoms with Gasteiger partial charge in [-0.05, 0) is 30.7 Å². The van der Waals surface area contributed by atoms with Crippen LogP contribution in [-0.2, 0) is 11.3 Å². The zero-order valence-electron chi connectivity index (χ0n) is 15.0. The molecule has 2 aromatic carbocycles. The fourth-order valence-corrected chi connectivity index (χ4v) is 2.73. The molecule has 7 nitrogen and oxygen atoms in total. The van der Waals surface area contributed by atoms with Gasteiger partial charge in [-0.1, -0.05) is 35.9 Å². The number of hydrogen-bond donors (Lipinski definition) is 2. The third-order valence-electron chi connectivity index (χ3n) is 4.20. The van der Waals surface area contributed by atoms with Crippen LogP contribution in [0.2, 0.25) is 0 Å². The normalized spacial score (nSPS) is 13.4. The van der Waals surface area contributed by atoms with E-state index >= 15 is 0 Å². The summed E-state index contributed by atoms with van der Waals surface area (Å²) in [5.74, 6) is 0.167. The van der Waals surface area contributed by atoms with Crippen LogP contribution in [0.3, 0.4) is 0 Å². The van der Waals surface area contributed by atoms with Gasteiger partial charge in [0.25, 0.3) is 5.91 Å². The number of urea groups is 1. The second kappa shape index (κ2) is 8.35. The Balaban J connectivity index is 1.56. The maximum Gasteiger partial charge on any atom is 0.324 e. The third kappa shape index (κ3) is 4.63. The second-order valence-electron chi connectivity index (χ2n) is 6.21. The van der Waals surface area contributed by atoms with E-state index in [1.54, 1.807) is 24.3 Å². The molecule has 0 aliphatic carbocycles. The van der Waals surface area contributed by atoms with Crippen LogP contribution in [0.15, 0.2) is 48.5 Å². The number of carbonyl (C=O) groups excluding carboxylic acids is 3. The van der Waals surface area contributed by atoms with Gasteiger partial charge in [-0.15, -0.1) is 0 Å². The Bertz CT molecular complexity index is 833. The fraction of sp³-hybridized carbons (Fsp3) is 0.250. The highest BCUT2D eigenvalue weighted by Crippen LogP contribution is 2.14. The monoisotopic (exact) mass is 367 g/mol. The molecule has 4 amide bonds. The number of imide groups is 1. The lowest BCUT2D eigenvalue weighted by Crippen LogP contribution is -2.33. The van der Waals surface area contributed by atoms with Crippen LogP contribution in [0.25, 0.3) is 0 Å². The minimum absolute atomic E-state index is 0.0104. The number of amides is 4. The lowest BCUT2D eigenvalue weighted by molar-refractivity contribution is -0.125. The first-order valence-corrected chi connectivity index (χ1v) is 8.68. The summed E-state index contributed by atoms with van der Waals surface area (Å²) in [7, 11) is 0. The quantitative estimate of drug-likeness (QED) is 0.578. The summed E-state index contributed by atoms with van der Waals surface area (Å²) in [5, 5.41) is 5.27. The van der Waals surface area contributed by atoms with Crippen molar-refractivity contribution in [1.29, 1.82) is 0 Å². The van der Waals surface area contributed by atoms with Gasteiger partial charge in [0, 0.05) is 5.56 Å². The molecule has 0 bridgehead atoms. The largest absolute Gasteiger partial charge is 0.492 e. The van der Waals surface area contributed by atoms with E-state index < -0.39 is 6.03 Å². The van der Waals surface area contributed by atoms with Gasteiger partial charge in [0.1, 0.15) is 12.4 Å². The van der Waals surface area contributed by atoms with Gasteiger partial charge in [-0.2, -0.15) is 0 Å². The van der Waals surface area contributed by atoms with Crippen molar-refractivity contribution in [1.82, 2.24) is 15.5 Å². The summed E-state index contributed by atoms with van der Waals surface area (Å²) in [5.41, 5.74) is 2.19. The van der Waals surface area contributed by atoms with Crippen molar-refractivity contribution in [2.24, 2.45) is 0 Å². The number of aryl methyl sites for hydroxylation is 1. The summed E-state index contributed by atoms with van der Waals surface area (Å²) < 4.78 is 5.59. The first-order valence-electron chi connectivity index (χ1n) is 8.68. The first kappa shape index (κ1) is 18.4. The Hall–Kier alpha value is -3.35. The Morgan fingerprint density at radius 2 is 1.89 bits per heavy atom. The minimum Gasteiger partial charge on any atom is -0.492 e. The molecule has 2 N–H and O–H groups in total. The predicted molar refractivity (Wildman–Crippen MR) is 99.4 cm³/mol. The summed E-state index contributed by atoms with van der Waals surface area (Å²) in [6, 6.07) is 14.1. The van der Waals surface area contributed by atoms with E-state index in [1.807, 2.05) is 31.2 Å². The zero-order chi connectivity index (χ0) is 19.2. The molecule has 0 radical (unpaired) electrons. The molecule has 0 atom stereocenters. The van der Waals surface area contributed by atoms with Gasteiger partial charge in [-0.3, -0.25) is 14.5 Å². The maximum absolute atomic E-state index is 12.5. The van der Waals surface area contributed by atoms with E-state index in [9.17, 15) is 14.4 Å². The highest BCUT2D eigenvalue weighted by atomic mass is 16.5. The highest BCUT2D eigenvalue weighted by Gasteiger charge is 2.29. The number of rotatable bonds is 7. The SMILES string of the molecule is Cc1ccc(OCCNC(=O)c2ccccc2CN2C(=O)CNC2=O)cc1. The van der Waals surface area contributed by atoms with Crippen LogP contribution >= 0.6 is 0 Å². The van der Waals surface area contributed by atoms with Crippen molar-refractivity contribution in [3.05, 3.63) is 65.2 Å². The topological polar surface area (TPSA) is 87.7 Å². The second-order valence-corrected chi connectivity index (χ2v) is 6.21. The van der Waals surface area contributed by atoms with Crippen LogP contribution in [0.4, 0.5) is 4.79 Å². The van der Waals surface area contributed by atoms with E-state index in [0.29, 0.717) is 24.3 Å². The standard InChI is InChI=1S/C20H21N3O4/c1-14-6-8-16(9-7-14)27-11-10-21-19(25)17-5-3-2-4-15(17)13-23-18(24)12-22-20(23)26/h2-9H,10-13H2,1H3,(H,21,25)(H,22,26). The third-order valence-corrected chi connectivity index (χ3v) is 4.20. The van der Waals surface area contributed by atoms with Gasteiger partial charge in [0.15, 0.2) is 0 Å². The van der Waals surface area contributed by atoms with E-state index in [1.165, 1.54) is 0 Å². The number of benzene rings is 2. The summed E-state index contributed by atoms with van der Waals surface area (Å²) in [6.07, 6.45) is 0. The number of nitrogens with one attached hydrogen (secondary N) is 2. The van der Waals surface area contributed by atoms with Gasteiger partial charge in [0.05, 0.1) is 19.6 Å². The molecule has 3 rings (SSSR count). The van der Waals surface area contributed by atoms with E-state index in [4.69, 9.17) is 4.74 Å². The van der Waals surface area contributed by atoms with Crippen molar-refractivity contribution in [3.8, 4) is 5.75 Å². The molecule has 1 saturated heterocycles. The highest BCUT2D eigenvalue weighted by molar-refractivity contribution is 6.02. The first-order chi connectivity index (χ1) is 13.0. The molecular weight excluding hydrogens is 346 g/mol. The van der Waals surface area contributed by atoms with Gasteiger partial charge >= 0.3 is 6.03 Å². The Morgan fingerprint density at radius 1 is 1.15 bits per heavy atom. The van der Waals surface area contributed by atoms with Gasteiger partial charge in [0.2, 0.25) is 5.91 Å². The molecule has 1 fully saturated rings. The molecule has 1 heterocycles. The molecule has 2 aromatic rings. The molecule has 1 aliphatic rings. The summed E-state index contributed by atoms with van der Waals surface area (Å²) >= 11 is 0. The average Bonchev–Trinajstić information content (AvgIpc) is 2.99. The molecule has 7 heteroatoms. The molecule has 27 heavy (non-hydrogen) atoms. The maximum atomic E-state index is 12.5. The Labute approximate surface area is 157 Å². The Morgan fingerprint density at radius 3 is 2.59 bits per heavy atom. The molecule has 140 valence electrons. The van der Waals surface area contributed by atoms with Crippen molar-refractivity contribution < 1.29 is 19.1 Å². The minimum atomic E-state index is -0.443. The van der Waals surface area contributed by atoms with Crippen molar-refractivity contribution in [3.63, 3.8) is 0 Å². The lowest BCUT2D eigenvalue weighted by atomic mass is 10.1. The van der Waals surface area contributed by atoms with E-state index in [0.717, 1.165) is 16.2 Å². The summed E-state index contributed by atoms with van der Waals surface area (Å²) in [6.45, 7) is 2.73. The van der Waals surface area contributed by atoms with Crippen LogP contribution in [0, 0.1) is 6.92 Å². The van der Waals surface area contributed by atoms with E-state index in [2.05, 4.69) is 10.6 Å². The van der Waals surface area contributed by atoms with E-state index in [-0.39, 0.29) is 24.9 Å². The summed E-state index contributed by atoms with van der Waals surface area (Å²) in [4.78, 5) is 37.1. The number of carbonyl (C=O) groups is 3. The van der Waals surface area contributed by atoms with Gasteiger partial charge in [-0.25, -0.2) is 4.79 Å². The number of hydrogen-bond acceptors (Lipinski definition) is 4. The molecule has 1 aliphatic heterocycles. The molecule has 0 saturated carbocycles. The van der Waals surface area contributed by atoms with Crippen LogP contribution in [0.5, 0.6) is 5.75 Å². The van der Waals surface area contributed by atoms with Gasteiger partial charge < -0.3 is 15.4 Å². The van der Waals surface area contributed by atoms with Crippen LogP contribution < -0.4 is 15.4 Å². The molecule has 0 spiro atoms.